The van der Waals surface area contributed by atoms with E-state index in [2.05, 4.69) is 16.0 Å². The molecule has 0 fully saturated rings. The Morgan fingerprint density at radius 2 is 1.57 bits per heavy atom. The van der Waals surface area contributed by atoms with Gasteiger partial charge < -0.3 is 20.7 Å². The van der Waals surface area contributed by atoms with Crippen LogP contribution in [0.2, 0.25) is 0 Å². The van der Waals surface area contributed by atoms with Crippen LogP contribution in [0.5, 0.6) is 5.75 Å². The molecule has 3 N–H and O–H groups in total. The van der Waals surface area contributed by atoms with Crippen molar-refractivity contribution in [2.24, 2.45) is 5.92 Å². The summed E-state index contributed by atoms with van der Waals surface area (Å²) in [4.78, 5) is 43.2. The van der Waals surface area contributed by atoms with Crippen LogP contribution in [0.1, 0.15) is 43.1 Å². The maximum absolute atomic E-state index is 14.2. The molecule has 0 radical (unpaired) electrons. The molecule has 0 aliphatic carbocycles. The minimum absolute atomic E-state index is 0.159. The van der Waals surface area contributed by atoms with Crippen LogP contribution in [0.3, 0.4) is 0 Å². The van der Waals surface area contributed by atoms with Crippen molar-refractivity contribution >= 4 is 23.8 Å². The molecule has 3 aromatic rings. The van der Waals surface area contributed by atoms with Crippen molar-refractivity contribution in [2.75, 3.05) is 14.1 Å². The number of amides is 3. The molecule has 0 saturated heterocycles. The molecule has 2 aliphatic rings. The Morgan fingerprint density at radius 1 is 0.929 bits per heavy atom. The molecule has 5 rings (SSSR count). The Labute approximate surface area is 248 Å². The van der Waals surface area contributed by atoms with Gasteiger partial charge in [0.2, 0.25) is 17.7 Å². The lowest BCUT2D eigenvalue weighted by molar-refractivity contribution is -0.136. The van der Waals surface area contributed by atoms with E-state index in [1.165, 1.54) is 0 Å². The van der Waals surface area contributed by atoms with E-state index in [0.29, 0.717) is 24.2 Å². The summed E-state index contributed by atoms with van der Waals surface area (Å²) < 4.78 is 6.48. The third-order valence-corrected chi connectivity index (χ3v) is 7.65. The molecule has 0 spiro atoms. The van der Waals surface area contributed by atoms with Crippen LogP contribution in [0.15, 0.2) is 91.1 Å². The first-order valence-corrected chi connectivity index (χ1v) is 14.4. The zero-order valence-corrected chi connectivity index (χ0v) is 24.6. The number of ether oxygens (including phenoxy) is 1. The van der Waals surface area contributed by atoms with Crippen LogP contribution in [0, 0.1) is 5.92 Å². The summed E-state index contributed by atoms with van der Waals surface area (Å²) in [6, 6.07) is 23.9. The molecule has 3 amide bonds. The van der Waals surface area contributed by atoms with Crippen molar-refractivity contribution in [2.45, 2.75) is 50.9 Å². The van der Waals surface area contributed by atoms with Crippen LogP contribution < -0.4 is 20.7 Å². The lowest BCUT2D eigenvalue weighted by Gasteiger charge is -2.33. The normalized spacial score (nSPS) is 21.3. The van der Waals surface area contributed by atoms with Gasteiger partial charge in [0.15, 0.2) is 6.10 Å². The van der Waals surface area contributed by atoms with E-state index in [-0.39, 0.29) is 17.7 Å². The molecule has 8 nitrogen and oxygen atoms in total. The van der Waals surface area contributed by atoms with E-state index in [1.54, 1.807) is 24.4 Å². The third-order valence-electron chi connectivity index (χ3n) is 7.65. The van der Waals surface area contributed by atoms with Crippen LogP contribution in [-0.4, -0.2) is 54.8 Å². The summed E-state index contributed by atoms with van der Waals surface area (Å²) in [7, 11) is 3.68. The highest BCUT2D eigenvalue weighted by atomic mass is 16.5. The summed E-state index contributed by atoms with van der Waals surface area (Å²) in [5.74, 6) is -0.778. The van der Waals surface area contributed by atoms with Crippen LogP contribution in [0.4, 0.5) is 0 Å². The van der Waals surface area contributed by atoms with Crippen molar-refractivity contribution in [1.29, 1.82) is 0 Å². The van der Waals surface area contributed by atoms with Crippen molar-refractivity contribution in [3.8, 4) is 5.75 Å². The van der Waals surface area contributed by atoms with Crippen molar-refractivity contribution in [1.82, 2.24) is 20.9 Å². The summed E-state index contributed by atoms with van der Waals surface area (Å²) in [6.45, 7) is 3.88. The second-order valence-electron chi connectivity index (χ2n) is 10.9. The number of nitrogens with one attached hydrogen (secondary N) is 3. The highest BCUT2D eigenvalue weighted by Crippen LogP contribution is 2.27. The largest absolute Gasteiger partial charge is 0.483 e. The average molecular weight is 569 g/mol. The molecule has 220 valence electrons. The number of likely N-dealkylation sites (N-methyl/N-ethyl adjacent to an activating group) is 1. The van der Waals surface area contributed by atoms with E-state index in [1.807, 2.05) is 106 Å². The number of hydrogen-bond acceptors (Lipinski definition) is 5. The number of carbonyl (C=O) groups is 3. The molecule has 0 aromatic heterocycles. The zero-order valence-electron chi connectivity index (χ0n) is 24.6. The number of hydrogen-bond donors (Lipinski definition) is 3. The standard InChI is InChI=1S/C34H40N4O4/c1-5-23(2)29-33(40)35-21-20-24-16-18-27(19-17-24)42-31(26-14-10-7-11-15-26)30(34(41)36-29)37-32(39)28(38(3)4)22-25-12-8-6-9-13-25/h6-21,23,28-31H,5,22H2,1-4H3,(H,35,40)(H,36,41)(H,37,39)/b21-20-/t23?,28-,29-,30?,31?/m0/s1. The van der Waals surface area contributed by atoms with Crippen LogP contribution in [0.25, 0.3) is 6.08 Å². The molecule has 2 aliphatic heterocycles. The van der Waals surface area contributed by atoms with Gasteiger partial charge in [0.25, 0.3) is 0 Å². The highest BCUT2D eigenvalue weighted by Gasteiger charge is 2.38. The van der Waals surface area contributed by atoms with Crippen molar-refractivity contribution in [3.63, 3.8) is 0 Å². The lowest BCUT2D eigenvalue weighted by atomic mass is 9.95. The van der Waals surface area contributed by atoms with Crippen LogP contribution in [-0.2, 0) is 20.8 Å². The molecule has 5 atom stereocenters. The van der Waals surface area contributed by atoms with Crippen molar-refractivity contribution in [3.05, 3.63) is 108 Å². The third kappa shape index (κ3) is 7.85. The van der Waals surface area contributed by atoms with Gasteiger partial charge in [0, 0.05) is 6.20 Å². The summed E-state index contributed by atoms with van der Waals surface area (Å²) >= 11 is 0. The number of carbonyl (C=O) groups excluding carboxylic acids is 3. The Kier molecular flexibility index (Phi) is 10.5. The van der Waals surface area contributed by atoms with E-state index in [4.69, 9.17) is 4.74 Å². The average Bonchev–Trinajstić information content (AvgIpc) is 3.00. The fraction of sp³-hybridized carbons (Fsp3) is 0.324. The first-order chi connectivity index (χ1) is 20.3. The number of nitrogens with zero attached hydrogens (tertiary/aromatic N) is 1. The number of fused-ring (bicyclic) bond motifs is 10. The van der Waals surface area contributed by atoms with Gasteiger partial charge in [-0.05, 0) is 61.3 Å². The van der Waals surface area contributed by atoms with Gasteiger partial charge in [0.1, 0.15) is 17.8 Å². The number of rotatable bonds is 8. The minimum Gasteiger partial charge on any atom is -0.483 e. The fourth-order valence-corrected chi connectivity index (χ4v) is 4.91. The topological polar surface area (TPSA) is 99.8 Å². The quantitative estimate of drug-likeness (QED) is 0.380. The van der Waals surface area contributed by atoms with Gasteiger partial charge in [-0.3, -0.25) is 19.3 Å². The molecule has 3 aromatic carbocycles. The second kappa shape index (κ2) is 14.5. The van der Waals surface area contributed by atoms with Crippen molar-refractivity contribution < 1.29 is 19.1 Å². The molecule has 2 heterocycles. The van der Waals surface area contributed by atoms with E-state index < -0.39 is 30.1 Å². The summed E-state index contributed by atoms with van der Waals surface area (Å²) in [5, 5.41) is 8.77. The second-order valence-corrected chi connectivity index (χ2v) is 10.9. The SMILES string of the molecule is CCC(C)[C@@H]1NC(=O)C(NC(=O)[C@H](Cc2ccccc2)N(C)C)C(c2ccccc2)Oc2ccc(cc2)/C=C\NC1=O. The highest BCUT2D eigenvalue weighted by molar-refractivity contribution is 5.94. The Balaban J connectivity index is 1.77. The molecule has 0 saturated carbocycles. The lowest BCUT2D eigenvalue weighted by Crippen LogP contribution is -2.59. The smallest absolute Gasteiger partial charge is 0.247 e. The Bertz CT molecular complexity index is 1360. The number of benzene rings is 3. The van der Waals surface area contributed by atoms with Gasteiger partial charge >= 0.3 is 0 Å². The molecular weight excluding hydrogens is 528 g/mol. The predicted octanol–water partition coefficient (Wildman–Crippen LogP) is 4.10. The van der Waals surface area contributed by atoms with Gasteiger partial charge in [-0.15, -0.1) is 0 Å². The van der Waals surface area contributed by atoms with E-state index in [9.17, 15) is 14.4 Å². The van der Waals surface area contributed by atoms with Crippen LogP contribution >= 0.6 is 0 Å². The fourth-order valence-electron chi connectivity index (χ4n) is 4.91. The van der Waals surface area contributed by atoms with E-state index >= 15 is 0 Å². The van der Waals surface area contributed by atoms with Gasteiger partial charge in [0.05, 0.1) is 6.04 Å². The van der Waals surface area contributed by atoms with Gasteiger partial charge in [-0.1, -0.05) is 93.1 Å². The summed E-state index contributed by atoms with van der Waals surface area (Å²) in [6.07, 6.45) is 3.60. The summed E-state index contributed by atoms with van der Waals surface area (Å²) in [5.41, 5.74) is 2.59. The monoisotopic (exact) mass is 568 g/mol. The van der Waals surface area contributed by atoms with Gasteiger partial charge in [-0.25, -0.2) is 0 Å². The Hall–Kier alpha value is -4.43. The first kappa shape index (κ1) is 30.5. The van der Waals surface area contributed by atoms with Gasteiger partial charge in [-0.2, -0.15) is 0 Å². The predicted molar refractivity (Wildman–Crippen MR) is 164 cm³/mol. The first-order valence-electron chi connectivity index (χ1n) is 14.4. The Morgan fingerprint density at radius 3 is 2.19 bits per heavy atom. The zero-order chi connectivity index (χ0) is 30.1. The molecule has 8 heteroatoms. The maximum atomic E-state index is 14.2. The minimum atomic E-state index is -1.14. The maximum Gasteiger partial charge on any atom is 0.247 e. The molecule has 3 unspecified atom stereocenters. The molecular formula is C34H40N4O4. The molecule has 2 bridgehead atoms. The molecule has 42 heavy (non-hydrogen) atoms. The van der Waals surface area contributed by atoms with E-state index in [0.717, 1.165) is 11.1 Å².